The van der Waals surface area contributed by atoms with Gasteiger partial charge < -0.3 is 13.8 Å². The summed E-state index contributed by atoms with van der Waals surface area (Å²) >= 11 is 0. The minimum absolute atomic E-state index is 0.261. The fourth-order valence-corrected chi connectivity index (χ4v) is 3.07. The summed E-state index contributed by atoms with van der Waals surface area (Å²) < 4.78 is 13.0. The number of para-hydroxylation sites is 2. The Morgan fingerprint density at radius 2 is 2.13 bits per heavy atom. The van der Waals surface area contributed by atoms with Gasteiger partial charge in [0.1, 0.15) is 12.4 Å². The summed E-state index contributed by atoms with van der Waals surface area (Å²) in [5, 5.41) is 4.13. The van der Waals surface area contributed by atoms with Crippen LogP contribution in [0.15, 0.2) is 28.8 Å². The first-order valence-electron chi connectivity index (χ1n) is 8.07. The summed E-state index contributed by atoms with van der Waals surface area (Å²) in [4.78, 5) is 9.31. The van der Waals surface area contributed by atoms with E-state index in [2.05, 4.69) is 34.6 Å². The Labute approximate surface area is 134 Å². The molecule has 3 aromatic rings. The van der Waals surface area contributed by atoms with Crippen LogP contribution < -0.4 is 0 Å². The summed E-state index contributed by atoms with van der Waals surface area (Å²) in [6.45, 7) is 6.30. The summed E-state index contributed by atoms with van der Waals surface area (Å²) in [7, 11) is 0. The zero-order valence-corrected chi connectivity index (χ0v) is 13.4. The van der Waals surface area contributed by atoms with Gasteiger partial charge in [-0.05, 0) is 18.6 Å². The molecule has 0 N–H and O–H groups in total. The molecule has 1 fully saturated rings. The Balaban J connectivity index is 1.68. The average molecular weight is 312 g/mol. The van der Waals surface area contributed by atoms with Crippen LogP contribution in [0, 0.1) is 0 Å². The van der Waals surface area contributed by atoms with Crippen molar-refractivity contribution in [3.63, 3.8) is 0 Å². The lowest BCUT2D eigenvalue weighted by Crippen LogP contribution is -2.07. The SMILES string of the molecule is CC(C)c1nc2ccccc2n1Cc1nc(C2CCOC2)no1. The largest absolute Gasteiger partial charge is 0.381 e. The predicted molar refractivity (Wildman–Crippen MR) is 85.4 cm³/mol. The van der Waals surface area contributed by atoms with E-state index in [4.69, 9.17) is 14.2 Å². The third kappa shape index (κ3) is 2.63. The number of hydrogen-bond donors (Lipinski definition) is 0. The first-order chi connectivity index (χ1) is 11.2. The molecule has 23 heavy (non-hydrogen) atoms. The van der Waals surface area contributed by atoms with E-state index in [0.717, 1.165) is 35.7 Å². The molecule has 1 aliphatic rings. The topological polar surface area (TPSA) is 66.0 Å². The molecule has 1 saturated heterocycles. The number of fused-ring (bicyclic) bond motifs is 1. The summed E-state index contributed by atoms with van der Waals surface area (Å²) in [6.07, 6.45) is 0.963. The monoisotopic (exact) mass is 312 g/mol. The van der Waals surface area contributed by atoms with Crippen molar-refractivity contribution in [1.29, 1.82) is 0 Å². The highest BCUT2D eigenvalue weighted by Gasteiger charge is 2.24. The molecule has 2 aromatic heterocycles. The molecule has 0 radical (unpaired) electrons. The van der Waals surface area contributed by atoms with Crippen molar-refractivity contribution < 1.29 is 9.26 Å². The van der Waals surface area contributed by atoms with Gasteiger partial charge in [0.2, 0.25) is 5.89 Å². The van der Waals surface area contributed by atoms with Gasteiger partial charge in [0.05, 0.1) is 17.6 Å². The summed E-state index contributed by atoms with van der Waals surface area (Å²) in [5.41, 5.74) is 2.10. The summed E-state index contributed by atoms with van der Waals surface area (Å²) in [5.74, 6) is 3.00. The van der Waals surface area contributed by atoms with E-state index in [1.54, 1.807) is 0 Å². The van der Waals surface area contributed by atoms with E-state index < -0.39 is 0 Å². The molecule has 6 heteroatoms. The van der Waals surface area contributed by atoms with Crippen molar-refractivity contribution in [2.24, 2.45) is 0 Å². The lowest BCUT2D eigenvalue weighted by Gasteiger charge is -2.08. The van der Waals surface area contributed by atoms with E-state index in [-0.39, 0.29) is 5.92 Å². The zero-order chi connectivity index (χ0) is 15.8. The van der Waals surface area contributed by atoms with Crippen LogP contribution in [0.1, 0.15) is 49.6 Å². The van der Waals surface area contributed by atoms with Gasteiger partial charge in [-0.3, -0.25) is 0 Å². The van der Waals surface area contributed by atoms with Gasteiger partial charge in [-0.15, -0.1) is 0 Å². The molecule has 1 aliphatic heterocycles. The molecule has 0 aliphatic carbocycles. The Morgan fingerprint density at radius 3 is 2.91 bits per heavy atom. The van der Waals surface area contributed by atoms with Crippen molar-refractivity contribution in [3.8, 4) is 0 Å². The highest BCUT2D eigenvalue weighted by molar-refractivity contribution is 5.76. The third-order valence-corrected chi connectivity index (χ3v) is 4.27. The molecular weight excluding hydrogens is 292 g/mol. The third-order valence-electron chi connectivity index (χ3n) is 4.27. The highest BCUT2D eigenvalue weighted by atomic mass is 16.5. The number of imidazole rings is 1. The number of benzene rings is 1. The van der Waals surface area contributed by atoms with E-state index in [9.17, 15) is 0 Å². The van der Waals surface area contributed by atoms with Crippen LogP contribution in [-0.2, 0) is 11.3 Å². The zero-order valence-electron chi connectivity index (χ0n) is 13.4. The smallest absolute Gasteiger partial charge is 0.246 e. The maximum atomic E-state index is 5.47. The van der Waals surface area contributed by atoms with Gasteiger partial charge >= 0.3 is 0 Å². The molecule has 1 atom stereocenters. The van der Waals surface area contributed by atoms with E-state index in [1.807, 2.05) is 18.2 Å². The molecule has 6 nitrogen and oxygen atoms in total. The van der Waals surface area contributed by atoms with Crippen LogP contribution in [0.3, 0.4) is 0 Å². The standard InChI is InChI=1S/C17H20N4O2/c1-11(2)17-18-13-5-3-4-6-14(13)21(17)9-15-19-16(20-23-15)12-7-8-22-10-12/h3-6,11-12H,7-10H2,1-2H3. The maximum absolute atomic E-state index is 5.47. The molecule has 0 spiro atoms. The van der Waals surface area contributed by atoms with Gasteiger partial charge in [-0.1, -0.05) is 31.1 Å². The lowest BCUT2D eigenvalue weighted by molar-refractivity contribution is 0.192. The number of rotatable bonds is 4. The quantitative estimate of drug-likeness (QED) is 0.740. The van der Waals surface area contributed by atoms with E-state index >= 15 is 0 Å². The number of hydrogen-bond acceptors (Lipinski definition) is 5. The van der Waals surface area contributed by atoms with Crippen molar-refractivity contribution in [2.45, 2.75) is 38.6 Å². The van der Waals surface area contributed by atoms with Crippen molar-refractivity contribution in [2.75, 3.05) is 13.2 Å². The minimum Gasteiger partial charge on any atom is -0.381 e. The molecule has 0 amide bonds. The Hall–Kier alpha value is -2.21. The van der Waals surface area contributed by atoms with Crippen LogP contribution in [0.5, 0.6) is 0 Å². The minimum atomic E-state index is 0.261. The molecule has 1 unspecified atom stereocenters. The van der Waals surface area contributed by atoms with Crippen LogP contribution in [0.4, 0.5) is 0 Å². The summed E-state index contributed by atoms with van der Waals surface area (Å²) in [6, 6.07) is 8.15. The second-order valence-electron chi connectivity index (χ2n) is 6.31. The van der Waals surface area contributed by atoms with Crippen molar-refractivity contribution in [3.05, 3.63) is 41.8 Å². The molecule has 4 rings (SSSR count). The molecule has 3 heterocycles. The maximum Gasteiger partial charge on any atom is 0.246 e. The average Bonchev–Trinajstić information content (AvgIpc) is 3.26. The number of aromatic nitrogens is 4. The lowest BCUT2D eigenvalue weighted by atomic mass is 10.1. The predicted octanol–water partition coefficient (Wildman–Crippen LogP) is 3.09. The molecule has 0 saturated carbocycles. The van der Waals surface area contributed by atoms with Gasteiger partial charge in [0.15, 0.2) is 5.82 Å². The van der Waals surface area contributed by atoms with Crippen molar-refractivity contribution >= 4 is 11.0 Å². The van der Waals surface area contributed by atoms with Crippen LogP contribution >= 0.6 is 0 Å². The van der Waals surface area contributed by atoms with Crippen LogP contribution in [-0.4, -0.2) is 32.9 Å². The first-order valence-corrected chi connectivity index (χ1v) is 8.07. The van der Waals surface area contributed by atoms with E-state index in [1.165, 1.54) is 0 Å². The highest BCUT2D eigenvalue weighted by Crippen LogP contribution is 2.25. The second-order valence-corrected chi connectivity index (χ2v) is 6.31. The van der Waals surface area contributed by atoms with Gasteiger partial charge in [-0.2, -0.15) is 4.98 Å². The fourth-order valence-electron chi connectivity index (χ4n) is 3.07. The normalized spacial score (nSPS) is 18.3. The van der Waals surface area contributed by atoms with Gasteiger partial charge in [0.25, 0.3) is 0 Å². The van der Waals surface area contributed by atoms with Crippen molar-refractivity contribution in [1.82, 2.24) is 19.7 Å². The Kier molecular flexibility index (Phi) is 3.61. The van der Waals surface area contributed by atoms with Gasteiger partial charge in [0, 0.05) is 18.4 Å². The van der Waals surface area contributed by atoms with Gasteiger partial charge in [-0.25, -0.2) is 4.98 Å². The number of nitrogens with zero attached hydrogens (tertiary/aromatic N) is 4. The Morgan fingerprint density at radius 1 is 1.26 bits per heavy atom. The molecule has 120 valence electrons. The number of ether oxygens (including phenoxy) is 1. The molecule has 0 bridgehead atoms. The second kappa shape index (κ2) is 5.77. The fraction of sp³-hybridized carbons (Fsp3) is 0.471. The molecule has 1 aromatic carbocycles. The first kappa shape index (κ1) is 14.4. The van der Waals surface area contributed by atoms with E-state index in [0.29, 0.717) is 25.0 Å². The molecular formula is C17H20N4O2. The Bertz CT molecular complexity index is 815. The van der Waals surface area contributed by atoms with Crippen LogP contribution in [0.2, 0.25) is 0 Å². The van der Waals surface area contributed by atoms with Crippen LogP contribution in [0.25, 0.3) is 11.0 Å².